The van der Waals surface area contributed by atoms with E-state index in [4.69, 9.17) is 4.74 Å². The van der Waals surface area contributed by atoms with Crippen LogP contribution in [0.5, 0.6) is 5.75 Å². The van der Waals surface area contributed by atoms with E-state index < -0.39 is 0 Å². The van der Waals surface area contributed by atoms with E-state index in [1.54, 1.807) is 7.11 Å². The fraction of sp³-hybridized carbons (Fsp3) is 0.545. The number of hydrogen-bond acceptors (Lipinski definition) is 3. The topological polar surface area (TPSA) is 58.6 Å². The molecule has 1 spiro atoms. The van der Waals surface area contributed by atoms with Crippen molar-refractivity contribution in [2.75, 3.05) is 20.2 Å². The lowest BCUT2D eigenvalue weighted by molar-refractivity contribution is -0.130. The lowest BCUT2D eigenvalue weighted by atomic mass is 9.76. The highest BCUT2D eigenvalue weighted by molar-refractivity contribution is 6.23. The van der Waals surface area contributed by atoms with Gasteiger partial charge in [0, 0.05) is 25.1 Å². The number of likely N-dealkylation sites (N-methyl/N-ethyl adjacent to an activating group) is 1. The summed E-state index contributed by atoms with van der Waals surface area (Å²) in [6, 6.07) is 7.64. The van der Waals surface area contributed by atoms with Crippen LogP contribution in [0.1, 0.15) is 57.9 Å². The van der Waals surface area contributed by atoms with E-state index in [9.17, 15) is 9.59 Å². The van der Waals surface area contributed by atoms with Gasteiger partial charge in [0.25, 0.3) is 5.91 Å². The van der Waals surface area contributed by atoms with Crippen molar-refractivity contribution in [2.45, 2.75) is 57.9 Å². The fourth-order valence-corrected chi connectivity index (χ4v) is 4.40. The van der Waals surface area contributed by atoms with Crippen molar-refractivity contribution in [3.8, 4) is 5.75 Å². The molecule has 1 saturated carbocycles. The van der Waals surface area contributed by atoms with Crippen LogP contribution in [0.3, 0.4) is 0 Å². The third kappa shape index (κ3) is 3.73. The van der Waals surface area contributed by atoms with Crippen LogP contribution in [-0.2, 0) is 9.59 Å². The Hall–Kier alpha value is -2.30. The standard InChI is InChI=1S/C22H30N2O3/c1-4-19(25)24(5-2)15-18-20(16-9-11-17(27-3)12-10-16)21(26)23-22(18)13-7-6-8-14-22/h9-12H,4-8,13-15H2,1-3H3,(H,23,26). The zero-order valence-electron chi connectivity index (χ0n) is 16.6. The Labute approximate surface area is 161 Å². The van der Waals surface area contributed by atoms with Crippen molar-refractivity contribution in [1.29, 1.82) is 0 Å². The van der Waals surface area contributed by atoms with Crippen LogP contribution < -0.4 is 10.1 Å². The van der Waals surface area contributed by atoms with Crippen LogP contribution in [0.25, 0.3) is 5.57 Å². The zero-order chi connectivity index (χ0) is 19.4. The van der Waals surface area contributed by atoms with Gasteiger partial charge in [0.15, 0.2) is 0 Å². The summed E-state index contributed by atoms with van der Waals surface area (Å²) >= 11 is 0. The summed E-state index contributed by atoms with van der Waals surface area (Å²) in [7, 11) is 1.63. The minimum Gasteiger partial charge on any atom is -0.497 e. The molecular formula is C22H30N2O3. The third-order valence-electron chi connectivity index (χ3n) is 5.93. The molecule has 5 heteroatoms. The maximum atomic E-state index is 13.0. The second-order valence-corrected chi connectivity index (χ2v) is 7.44. The predicted octanol–water partition coefficient (Wildman–Crippen LogP) is 3.54. The molecule has 0 radical (unpaired) electrons. The van der Waals surface area contributed by atoms with Gasteiger partial charge in [0.1, 0.15) is 5.75 Å². The maximum absolute atomic E-state index is 13.0. The molecule has 1 N–H and O–H groups in total. The van der Waals surface area contributed by atoms with Gasteiger partial charge in [-0.3, -0.25) is 9.59 Å². The van der Waals surface area contributed by atoms with Crippen molar-refractivity contribution in [3.05, 3.63) is 35.4 Å². The molecule has 0 bridgehead atoms. The highest BCUT2D eigenvalue weighted by atomic mass is 16.5. The minimum atomic E-state index is -0.300. The van der Waals surface area contributed by atoms with Crippen LogP contribution in [0.15, 0.2) is 29.8 Å². The van der Waals surface area contributed by atoms with Gasteiger partial charge in [-0.05, 0) is 43.0 Å². The van der Waals surface area contributed by atoms with E-state index >= 15 is 0 Å². The Kier molecular flexibility index (Phi) is 5.88. The van der Waals surface area contributed by atoms with Crippen LogP contribution in [-0.4, -0.2) is 42.5 Å². The molecule has 0 unspecified atom stereocenters. The first-order valence-electron chi connectivity index (χ1n) is 10.0. The van der Waals surface area contributed by atoms with Crippen LogP contribution in [0, 0.1) is 0 Å². The van der Waals surface area contributed by atoms with E-state index in [0.29, 0.717) is 19.5 Å². The molecule has 2 aliphatic rings. The van der Waals surface area contributed by atoms with Gasteiger partial charge in [-0.1, -0.05) is 38.3 Å². The molecule has 5 nitrogen and oxygen atoms in total. The van der Waals surface area contributed by atoms with Gasteiger partial charge in [0.2, 0.25) is 5.91 Å². The van der Waals surface area contributed by atoms with Crippen molar-refractivity contribution in [1.82, 2.24) is 10.2 Å². The second kappa shape index (κ2) is 8.15. The number of ether oxygens (including phenoxy) is 1. The predicted molar refractivity (Wildman–Crippen MR) is 106 cm³/mol. The summed E-state index contributed by atoms with van der Waals surface area (Å²) in [6.45, 7) is 5.05. The molecule has 2 amide bonds. The number of benzene rings is 1. The Balaban J connectivity index is 2.06. The molecule has 1 aromatic rings. The number of nitrogens with one attached hydrogen (secondary N) is 1. The van der Waals surface area contributed by atoms with Crippen molar-refractivity contribution in [3.63, 3.8) is 0 Å². The van der Waals surface area contributed by atoms with E-state index in [0.717, 1.165) is 48.1 Å². The normalized spacial score (nSPS) is 18.6. The molecule has 1 aliphatic carbocycles. The Morgan fingerprint density at radius 2 is 1.81 bits per heavy atom. The molecule has 1 fully saturated rings. The number of nitrogens with zero attached hydrogens (tertiary/aromatic N) is 1. The molecule has 0 atom stereocenters. The molecule has 1 heterocycles. The maximum Gasteiger partial charge on any atom is 0.252 e. The first-order valence-corrected chi connectivity index (χ1v) is 10.0. The van der Waals surface area contributed by atoms with Gasteiger partial charge >= 0.3 is 0 Å². The van der Waals surface area contributed by atoms with Gasteiger partial charge < -0.3 is 15.0 Å². The Morgan fingerprint density at radius 3 is 2.37 bits per heavy atom. The summed E-state index contributed by atoms with van der Waals surface area (Å²) < 4.78 is 5.25. The number of carbonyl (C=O) groups is 2. The Bertz CT molecular complexity index is 730. The van der Waals surface area contributed by atoms with Crippen molar-refractivity contribution >= 4 is 17.4 Å². The van der Waals surface area contributed by atoms with Crippen LogP contribution >= 0.6 is 0 Å². The molecule has 3 rings (SSSR count). The van der Waals surface area contributed by atoms with E-state index in [1.807, 2.05) is 43.0 Å². The molecule has 1 aliphatic heterocycles. The molecule has 146 valence electrons. The van der Waals surface area contributed by atoms with Gasteiger partial charge in [-0.2, -0.15) is 0 Å². The highest BCUT2D eigenvalue weighted by Gasteiger charge is 2.46. The summed E-state index contributed by atoms with van der Waals surface area (Å²) in [5, 5.41) is 3.30. The molecule has 1 aromatic carbocycles. The number of rotatable bonds is 6. The zero-order valence-corrected chi connectivity index (χ0v) is 16.6. The van der Waals surface area contributed by atoms with Crippen LogP contribution in [0.2, 0.25) is 0 Å². The van der Waals surface area contributed by atoms with Gasteiger partial charge in [-0.15, -0.1) is 0 Å². The molecular weight excluding hydrogens is 340 g/mol. The highest BCUT2D eigenvalue weighted by Crippen LogP contribution is 2.43. The average Bonchev–Trinajstić information content (AvgIpc) is 2.96. The van der Waals surface area contributed by atoms with E-state index in [-0.39, 0.29) is 17.4 Å². The Morgan fingerprint density at radius 1 is 1.15 bits per heavy atom. The smallest absolute Gasteiger partial charge is 0.252 e. The molecule has 0 aromatic heterocycles. The van der Waals surface area contributed by atoms with E-state index in [2.05, 4.69) is 5.32 Å². The second-order valence-electron chi connectivity index (χ2n) is 7.44. The van der Waals surface area contributed by atoms with Gasteiger partial charge in [0.05, 0.1) is 12.6 Å². The summed E-state index contributed by atoms with van der Waals surface area (Å²) in [5.41, 5.74) is 2.42. The summed E-state index contributed by atoms with van der Waals surface area (Å²) in [6.07, 6.45) is 5.79. The van der Waals surface area contributed by atoms with E-state index in [1.165, 1.54) is 6.42 Å². The first-order chi connectivity index (χ1) is 13.0. The lowest BCUT2D eigenvalue weighted by Crippen LogP contribution is -2.48. The first kappa shape index (κ1) is 19.5. The summed E-state index contributed by atoms with van der Waals surface area (Å²) in [4.78, 5) is 27.3. The average molecular weight is 370 g/mol. The minimum absolute atomic E-state index is 0.0166. The fourth-order valence-electron chi connectivity index (χ4n) is 4.40. The largest absolute Gasteiger partial charge is 0.497 e. The third-order valence-corrected chi connectivity index (χ3v) is 5.93. The van der Waals surface area contributed by atoms with Gasteiger partial charge in [-0.25, -0.2) is 0 Å². The van der Waals surface area contributed by atoms with Crippen LogP contribution in [0.4, 0.5) is 0 Å². The SMILES string of the molecule is CCC(=O)N(CC)CC1=C(c2ccc(OC)cc2)C(=O)NC12CCCCC2. The summed E-state index contributed by atoms with van der Waals surface area (Å²) in [5.74, 6) is 0.879. The van der Waals surface area contributed by atoms with Crippen molar-refractivity contribution in [2.24, 2.45) is 0 Å². The van der Waals surface area contributed by atoms with Crippen molar-refractivity contribution < 1.29 is 14.3 Å². The number of methoxy groups -OCH3 is 1. The number of hydrogen-bond donors (Lipinski definition) is 1. The molecule has 0 saturated heterocycles. The number of amides is 2. The quantitative estimate of drug-likeness (QED) is 0.833. The lowest BCUT2D eigenvalue weighted by Gasteiger charge is -2.38. The number of carbonyl (C=O) groups excluding carboxylic acids is 2. The molecule has 27 heavy (non-hydrogen) atoms. The monoisotopic (exact) mass is 370 g/mol.